The standard InChI is InChI=1S/C16H16F3NO/c1-15(20,11-6-5-7-12(10-11)21-2)13-8-3-4-9-14(13)16(17,18)19/h3-10H,20H2,1-2H3. The topological polar surface area (TPSA) is 35.2 Å². The van der Waals surface area contributed by atoms with E-state index in [9.17, 15) is 13.2 Å². The van der Waals surface area contributed by atoms with E-state index in [0.717, 1.165) is 6.07 Å². The molecular formula is C16H16F3NO. The number of benzene rings is 2. The summed E-state index contributed by atoms with van der Waals surface area (Å²) in [5, 5.41) is 0. The van der Waals surface area contributed by atoms with Gasteiger partial charge in [0, 0.05) is 0 Å². The van der Waals surface area contributed by atoms with E-state index in [4.69, 9.17) is 10.5 Å². The number of halogens is 3. The number of ether oxygens (including phenoxy) is 1. The van der Waals surface area contributed by atoms with E-state index in [2.05, 4.69) is 0 Å². The minimum Gasteiger partial charge on any atom is -0.497 e. The third-order valence-electron chi connectivity index (χ3n) is 3.46. The van der Waals surface area contributed by atoms with Crippen LogP contribution in [0.1, 0.15) is 23.6 Å². The van der Waals surface area contributed by atoms with Crippen LogP contribution in [0.2, 0.25) is 0 Å². The molecule has 0 saturated carbocycles. The monoisotopic (exact) mass is 295 g/mol. The molecular weight excluding hydrogens is 279 g/mol. The van der Waals surface area contributed by atoms with E-state index in [1.165, 1.54) is 19.2 Å². The summed E-state index contributed by atoms with van der Waals surface area (Å²) in [5.74, 6) is 0.550. The van der Waals surface area contributed by atoms with Crippen LogP contribution in [0.15, 0.2) is 48.5 Å². The van der Waals surface area contributed by atoms with Crippen molar-refractivity contribution in [3.8, 4) is 5.75 Å². The first-order valence-corrected chi connectivity index (χ1v) is 6.37. The van der Waals surface area contributed by atoms with Crippen LogP contribution in [-0.4, -0.2) is 7.11 Å². The molecule has 0 heterocycles. The molecule has 1 atom stereocenters. The normalized spacial score (nSPS) is 14.6. The lowest BCUT2D eigenvalue weighted by atomic mass is 9.82. The number of hydrogen-bond acceptors (Lipinski definition) is 2. The van der Waals surface area contributed by atoms with Crippen molar-refractivity contribution in [2.24, 2.45) is 5.73 Å². The quantitative estimate of drug-likeness (QED) is 0.931. The molecule has 5 heteroatoms. The van der Waals surface area contributed by atoms with Crippen molar-refractivity contribution in [2.75, 3.05) is 7.11 Å². The summed E-state index contributed by atoms with van der Waals surface area (Å²) in [6.45, 7) is 1.56. The summed E-state index contributed by atoms with van der Waals surface area (Å²) < 4.78 is 44.6. The molecule has 0 bridgehead atoms. The highest BCUT2D eigenvalue weighted by molar-refractivity contribution is 5.45. The molecule has 2 aromatic rings. The zero-order valence-corrected chi connectivity index (χ0v) is 11.7. The molecule has 0 aliphatic heterocycles. The van der Waals surface area contributed by atoms with Gasteiger partial charge < -0.3 is 10.5 Å². The van der Waals surface area contributed by atoms with E-state index >= 15 is 0 Å². The second-order valence-electron chi connectivity index (χ2n) is 4.98. The fourth-order valence-electron chi connectivity index (χ4n) is 2.28. The van der Waals surface area contributed by atoms with Crippen molar-refractivity contribution in [1.82, 2.24) is 0 Å². The largest absolute Gasteiger partial charge is 0.497 e. The minimum absolute atomic E-state index is 0.0331. The molecule has 0 aromatic heterocycles. The van der Waals surface area contributed by atoms with Crippen molar-refractivity contribution < 1.29 is 17.9 Å². The van der Waals surface area contributed by atoms with Crippen molar-refractivity contribution in [3.63, 3.8) is 0 Å². The van der Waals surface area contributed by atoms with Gasteiger partial charge in [-0.2, -0.15) is 13.2 Å². The molecule has 1 unspecified atom stereocenters. The highest BCUT2D eigenvalue weighted by Crippen LogP contribution is 2.38. The van der Waals surface area contributed by atoms with Gasteiger partial charge in [0.15, 0.2) is 0 Å². The predicted molar refractivity (Wildman–Crippen MR) is 75.1 cm³/mol. The Morgan fingerprint density at radius 2 is 1.57 bits per heavy atom. The summed E-state index contributed by atoms with van der Waals surface area (Å²) in [5.41, 5.74) is 4.81. The lowest BCUT2D eigenvalue weighted by molar-refractivity contribution is -0.138. The maximum Gasteiger partial charge on any atom is 0.416 e. The fraction of sp³-hybridized carbons (Fsp3) is 0.250. The second-order valence-corrected chi connectivity index (χ2v) is 4.98. The third kappa shape index (κ3) is 3.03. The van der Waals surface area contributed by atoms with E-state index in [1.807, 2.05) is 0 Å². The Hall–Kier alpha value is -2.01. The Kier molecular flexibility index (Phi) is 3.96. The van der Waals surface area contributed by atoms with Crippen molar-refractivity contribution in [2.45, 2.75) is 18.6 Å². The Balaban J connectivity index is 2.58. The predicted octanol–water partition coefficient (Wildman–Crippen LogP) is 3.94. The first-order chi connectivity index (χ1) is 9.76. The van der Waals surface area contributed by atoms with Crippen molar-refractivity contribution in [3.05, 3.63) is 65.2 Å². The Bertz CT molecular complexity index is 635. The van der Waals surface area contributed by atoms with Crippen molar-refractivity contribution in [1.29, 1.82) is 0 Å². The summed E-state index contributed by atoms with van der Waals surface area (Å²) in [7, 11) is 1.50. The number of nitrogens with two attached hydrogens (primary N) is 1. The molecule has 0 aliphatic carbocycles. The van der Waals surface area contributed by atoms with Gasteiger partial charge in [0.25, 0.3) is 0 Å². The van der Waals surface area contributed by atoms with Gasteiger partial charge in [0.05, 0.1) is 18.2 Å². The van der Waals surface area contributed by atoms with Crippen LogP contribution < -0.4 is 10.5 Å². The molecule has 112 valence electrons. The zero-order valence-electron chi connectivity index (χ0n) is 11.7. The number of rotatable bonds is 3. The lowest BCUT2D eigenvalue weighted by Crippen LogP contribution is -2.36. The molecule has 0 amide bonds. The molecule has 0 fully saturated rings. The van der Waals surface area contributed by atoms with Crippen LogP contribution in [-0.2, 0) is 11.7 Å². The van der Waals surface area contributed by atoms with Gasteiger partial charge in [0.1, 0.15) is 5.75 Å². The van der Waals surface area contributed by atoms with Gasteiger partial charge in [0.2, 0.25) is 0 Å². The van der Waals surface area contributed by atoms with Gasteiger partial charge in [-0.25, -0.2) is 0 Å². The second kappa shape index (κ2) is 5.41. The Morgan fingerprint density at radius 3 is 2.14 bits per heavy atom. The summed E-state index contributed by atoms with van der Waals surface area (Å²) >= 11 is 0. The van der Waals surface area contributed by atoms with Gasteiger partial charge >= 0.3 is 6.18 Å². The molecule has 2 nitrogen and oxygen atoms in total. The van der Waals surface area contributed by atoms with Gasteiger partial charge in [-0.05, 0) is 36.2 Å². The molecule has 2 aromatic carbocycles. The molecule has 0 radical (unpaired) electrons. The molecule has 0 spiro atoms. The fourth-order valence-corrected chi connectivity index (χ4v) is 2.28. The third-order valence-corrected chi connectivity index (χ3v) is 3.46. The smallest absolute Gasteiger partial charge is 0.416 e. The van der Waals surface area contributed by atoms with Gasteiger partial charge in [-0.15, -0.1) is 0 Å². The molecule has 0 saturated heterocycles. The van der Waals surface area contributed by atoms with Crippen LogP contribution in [0.25, 0.3) is 0 Å². The maximum atomic E-state index is 13.2. The SMILES string of the molecule is COc1cccc(C(C)(N)c2ccccc2C(F)(F)F)c1. The summed E-state index contributed by atoms with van der Waals surface area (Å²) in [6.07, 6.45) is -4.45. The first-order valence-electron chi connectivity index (χ1n) is 6.37. The average molecular weight is 295 g/mol. The van der Waals surface area contributed by atoms with Crippen LogP contribution in [0.5, 0.6) is 5.75 Å². The molecule has 2 rings (SSSR count). The number of methoxy groups -OCH3 is 1. The Labute approximate surface area is 121 Å². The Morgan fingerprint density at radius 1 is 0.952 bits per heavy atom. The molecule has 21 heavy (non-hydrogen) atoms. The van der Waals surface area contributed by atoms with Crippen LogP contribution in [0.3, 0.4) is 0 Å². The number of alkyl halides is 3. The van der Waals surface area contributed by atoms with Crippen LogP contribution in [0, 0.1) is 0 Å². The lowest BCUT2D eigenvalue weighted by Gasteiger charge is -2.29. The van der Waals surface area contributed by atoms with E-state index < -0.39 is 17.3 Å². The molecule has 0 aliphatic rings. The van der Waals surface area contributed by atoms with Crippen molar-refractivity contribution >= 4 is 0 Å². The van der Waals surface area contributed by atoms with Gasteiger partial charge in [-0.3, -0.25) is 0 Å². The number of hydrogen-bond donors (Lipinski definition) is 1. The van der Waals surface area contributed by atoms with E-state index in [1.54, 1.807) is 37.3 Å². The van der Waals surface area contributed by atoms with E-state index in [0.29, 0.717) is 11.3 Å². The van der Waals surface area contributed by atoms with Gasteiger partial charge in [-0.1, -0.05) is 30.3 Å². The summed E-state index contributed by atoms with van der Waals surface area (Å²) in [4.78, 5) is 0. The van der Waals surface area contributed by atoms with Crippen LogP contribution in [0.4, 0.5) is 13.2 Å². The highest BCUT2D eigenvalue weighted by atomic mass is 19.4. The van der Waals surface area contributed by atoms with Crippen LogP contribution >= 0.6 is 0 Å². The molecule has 2 N–H and O–H groups in total. The highest BCUT2D eigenvalue weighted by Gasteiger charge is 2.38. The average Bonchev–Trinajstić information content (AvgIpc) is 2.46. The maximum absolute atomic E-state index is 13.2. The first kappa shape index (κ1) is 15.4. The van der Waals surface area contributed by atoms with E-state index in [-0.39, 0.29) is 5.56 Å². The minimum atomic E-state index is -4.45. The zero-order chi connectivity index (χ0) is 15.7. The summed E-state index contributed by atoms with van der Waals surface area (Å²) in [6, 6.07) is 12.1.